The van der Waals surface area contributed by atoms with Gasteiger partial charge in [-0.3, -0.25) is 0 Å². The van der Waals surface area contributed by atoms with E-state index >= 15 is 0 Å². The van der Waals surface area contributed by atoms with Gasteiger partial charge in [0.05, 0.1) is 0 Å². The molecule has 0 spiro atoms. The Balaban J connectivity index is 1.43. The van der Waals surface area contributed by atoms with Crippen LogP contribution in [0.25, 0.3) is 11.1 Å². The van der Waals surface area contributed by atoms with E-state index in [1.54, 1.807) is 0 Å². The topological polar surface area (TPSA) is 62.2 Å². The second-order valence-corrected chi connectivity index (χ2v) is 8.00. The number of ether oxygens (including phenoxy) is 1. The van der Waals surface area contributed by atoms with Crippen molar-refractivity contribution in [1.29, 1.82) is 5.41 Å². The predicted octanol–water partition coefficient (Wildman–Crippen LogP) is 4.28. The van der Waals surface area contributed by atoms with Gasteiger partial charge in [0, 0.05) is 0 Å². The van der Waals surface area contributed by atoms with Crippen LogP contribution in [0.2, 0.25) is 0 Å². The van der Waals surface area contributed by atoms with Crippen molar-refractivity contribution in [2.45, 2.75) is 18.4 Å². The number of benzene rings is 3. The maximum atomic E-state index is 12.5. The molecule has 0 saturated heterocycles. The van der Waals surface area contributed by atoms with E-state index < -0.39 is 12.1 Å². The van der Waals surface area contributed by atoms with Crippen LogP contribution in [0.15, 0.2) is 78.9 Å². The molecule has 4 nitrogen and oxygen atoms in total. The van der Waals surface area contributed by atoms with E-state index in [1.807, 2.05) is 54.6 Å². The van der Waals surface area contributed by atoms with Gasteiger partial charge in [0.25, 0.3) is 0 Å². The van der Waals surface area contributed by atoms with Gasteiger partial charge in [0.2, 0.25) is 0 Å². The first-order chi connectivity index (χ1) is 14.1. The number of hydrogen-bond donors (Lipinski definition) is 2. The molecule has 0 fully saturated rings. The Morgan fingerprint density at radius 3 is 2.07 bits per heavy atom. The standard InChI is InChI=1S/C24H21N2O2Se/c25-23(29)22(14-16-8-2-1-3-9-16)26-24(27)28-15-21-19-12-6-4-10-17(19)18-11-5-7-13-20(18)21/h1-13,21-22,25H,14-15H2,(H,26,27)/t22-/m0/s1. The van der Waals surface area contributed by atoms with Gasteiger partial charge in [-0.15, -0.1) is 0 Å². The van der Waals surface area contributed by atoms with Gasteiger partial charge in [-0.1, -0.05) is 0 Å². The first kappa shape index (κ1) is 19.4. The maximum absolute atomic E-state index is 12.5. The summed E-state index contributed by atoms with van der Waals surface area (Å²) in [5, 5.41) is 10.8. The third-order valence-electron chi connectivity index (χ3n) is 5.23. The third kappa shape index (κ3) is 4.26. The summed E-state index contributed by atoms with van der Waals surface area (Å²) in [5.74, 6) is 0.0216. The molecule has 29 heavy (non-hydrogen) atoms. The quantitative estimate of drug-likeness (QED) is 0.437. The minimum absolute atomic E-state index is 0.0216. The Hall–Kier alpha value is -2.88. The van der Waals surface area contributed by atoms with Crippen LogP contribution < -0.4 is 5.32 Å². The SMILES string of the molecule is N=C([Se])[C@H](Cc1ccccc1)NC(=O)OCC1c2ccccc2-c2ccccc21. The van der Waals surface area contributed by atoms with Crippen molar-refractivity contribution in [2.75, 3.05) is 6.61 Å². The average molecular weight is 448 g/mol. The van der Waals surface area contributed by atoms with E-state index in [-0.39, 0.29) is 17.1 Å². The number of alkyl carbamates (subject to hydrolysis) is 1. The van der Waals surface area contributed by atoms with E-state index in [4.69, 9.17) is 10.1 Å². The molecule has 2 N–H and O–H groups in total. The minimum atomic E-state index is -0.507. The first-order valence-corrected chi connectivity index (χ1v) is 10.4. The molecule has 0 saturated carbocycles. The Morgan fingerprint density at radius 2 is 1.48 bits per heavy atom. The van der Waals surface area contributed by atoms with Gasteiger partial charge in [-0.2, -0.15) is 0 Å². The normalized spacial score (nSPS) is 13.2. The number of fused-ring (bicyclic) bond motifs is 3. The Bertz CT molecular complexity index is 990. The van der Waals surface area contributed by atoms with Crippen LogP contribution in [-0.2, 0) is 11.2 Å². The van der Waals surface area contributed by atoms with Crippen molar-refractivity contribution in [3.8, 4) is 11.1 Å². The predicted molar refractivity (Wildman–Crippen MR) is 116 cm³/mol. The Kier molecular flexibility index (Phi) is 5.79. The van der Waals surface area contributed by atoms with E-state index in [1.165, 1.54) is 22.3 Å². The van der Waals surface area contributed by atoms with Crippen molar-refractivity contribution in [1.82, 2.24) is 5.32 Å². The molecule has 145 valence electrons. The summed E-state index contributed by atoms with van der Waals surface area (Å²) in [6, 6.07) is 25.9. The number of rotatable bonds is 6. The molecule has 1 amide bonds. The zero-order valence-corrected chi connectivity index (χ0v) is 17.5. The van der Waals surface area contributed by atoms with Crippen molar-refractivity contribution >= 4 is 26.7 Å². The molecular formula is C24H21N2O2Se. The van der Waals surface area contributed by atoms with Crippen molar-refractivity contribution in [2.24, 2.45) is 0 Å². The fourth-order valence-electron chi connectivity index (χ4n) is 3.84. The van der Waals surface area contributed by atoms with E-state index in [9.17, 15) is 4.79 Å². The molecule has 0 unspecified atom stereocenters. The summed E-state index contributed by atoms with van der Waals surface area (Å²) in [5.41, 5.74) is 5.81. The molecule has 3 aromatic carbocycles. The molecule has 0 bridgehead atoms. The number of carbonyl (C=O) groups is 1. The van der Waals surface area contributed by atoms with E-state index in [2.05, 4.69) is 45.6 Å². The van der Waals surface area contributed by atoms with Gasteiger partial charge in [-0.05, 0) is 0 Å². The summed E-state index contributed by atoms with van der Waals surface area (Å²) >= 11 is 2.70. The molecule has 5 heteroatoms. The molecule has 1 aliphatic carbocycles. The van der Waals surface area contributed by atoms with Crippen LogP contribution in [0, 0.1) is 5.41 Å². The molecule has 0 heterocycles. The third-order valence-corrected chi connectivity index (χ3v) is 5.83. The van der Waals surface area contributed by atoms with Crippen LogP contribution in [0.3, 0.4) is 0 Å². The summed E-state index contributed by atoms with van der Waals surface area (Å²) in [6.45, 7) is 0.263. The number of amides is 1. The van der Waals surface area contributed by atoms with Gasteiger partial charge in [0.1, 0.15) is 0 Å². The summed E-state index contributed by atoms with van der Waals surface area (Å²) in [4.78, 5) is 12.5. The number of nitrogens with one attached hydrogen (secondary N) is 2. The fraction of sp³-hybridized carbons (Fsp3) is 0.167. The fourth-order valence-corrected chi connectivity index (χ4v) is 4.14. The molecule has 3 aromatic rings. The molecule has 1 aliphatic rings. The number of hydrogen-bond acceptors (Lipinski definition) is 3. The van der Waals surface area contributed by atoms with Crippen LogP contribution in [0.1, 0.15) is 22.6 Å². The van der Waals surface area contributed by atoms with E-state index in [0.717, 1.165) is 5.56 Å². The van der Waals surface area contributed by atoms with Gasteiger partial charge in [0.15, 0.2) is 0 Å². The zero-order chi connectivity index (χ0) is 20.2. The van der Waals surface area contributed by atoms with Crippen LogP contribution in [0.5, 0.6) is 0 Å². The molecule has 1 radical (unpaired) electrons. The van der Waals surface area contributed by atoms with Gasteiger partial charge < -0.3 is 0 Å². The van der Waals surface area contributed by atoms with Crippen LogP contribution in [0.4, 0.5) is 4.79 Å². The van der Waals surface area contributed by atoms with Crippen LogP contribution in [-0.4, -0.2) is 39.4 Å². The molecule has 1 atom stereocenters. The molecule has 4 rings (SSSR count). The van der Waals surface area contributed by atoms with Gasteiger partial charge >= 0.3 is 179 Å². The average Bonchev–Trinajstić information content (AvgIpc) is 3.06. The van der Waals surface area contributed by atoms with Crippen molar-refractivity contribution in [3.05, 3.63) is 95.6 Å². The first-order valence-electron chi connectivity index (χ1n) is 9.54. The molecule has 0 aliphatic heterocycles. The molecular weight excluding hydrogens is 427 g/mol. The van der Waals surface area contributed by atoms with Crippen molar-refractivity contribution < 1.29 is 9.53 Å². The Morgan fingerprint density at radius 1 is 0.931 bits per heavy atom. The monoisotopic (exact) mass is 449 g/mol. The number of carbonyl (C=O) groups excluding carboxylic acids is 1. The molecule has 0 aromatic heterocycles. The van der Waals surface area contributed by atoms with Crippen molar-refractivity contribution in [3.63, 3.8) is 0 Å². The Labute approximate surface area is 178 Å². The second kappa shape index (κ2) is 8.64. The summed E-state index contributed by atoms with van der Waals surface area (Å²) < 4.78 is 5.88. The summed E-state index contributed by atoms with van der Waals surface area (Å²) in [7, 11) is 0. The summed E-state index contributed by atoms with van der Waals surface area (Å²) in [6.07, 6.45) is 0.0319. The van der Waals surface area contributed by atoms with E-state index in [0.29, 0.717) is 6.42 Å². The van der Waals surface area contributed by atoms with Crippen LogP contribution >= 0.6 is 0 Å². The zero-order valence-electron chi connectivity index (χ0n) is 15.8. The van der Waals surface area contributed by atoms with Gasteiger partial charge in [-0.25, -0.2) is 0 Å². The second-order valence-electron chi connectivity index (χ2n) is 7.08.